The molecule has 0 aliphatic carbocycles. The Morgan fingerprint density at radius 1 is 1.21 bits per heavy atom. The Morgan fingerprint density at radius 2 is 1.97 bits per heavy atom. The summed E-state index contributed by atoms with van der Waals surface area (Å²) < 4.78 is 19.5. The number of carboxylic acid groups (broad SMARTS) is 1. The molecule has 0 aliphatic heterocycles. The minimum Gasteiger partial charge on any atom is -0.480 e. The Labute approximate surface area is 198 Å². The Kier molecular flexibility index (Phi) is 6.66. The molecule has 4 rings (SSSR count). The van der Waals surface area contributed by atoms with Crippen molar-refractivity contribution >= 4 is 55.5 Å². The van der Waals surface area contributed by atoms with E-state index in [-0.39, 0.29) is 16.7 Å². The molecule has 0 bridgehead atoms. The standard InChI is InChI=1S/C23H21FN4O3S2/c1-12(2)9-18(22(29)30)26-21(32)19-11-17(28-31-19)13-3-6-15(7-4-13)25-23-27-16-8-5-14(24)10-20(16)33-23/h3-8,10-12,18H,9H2,1-2H3,(H,25,27)(H,26,32)(H,29,30). The Hall–Kier alpha value is -3.37. The fourth-order valence-electron chi connectivity index (χ4n) is 3.24. The molecule has 10 heteroatoms. The first kappa shape index (κ1) is 22.8. The molecule has 4 aromatic rings. The predicted octanol–water partition coefficient (Wildman–Crippen LogP) is 5.60. The van der Waals surface area contributed by atoms with Crippen LogP contribution in [-0.4, -0.2) is 32.2 Å². The third-order valence-corrected chi connectivity index (χ3v) is 6.08. The molecule has 2 aromatic heterocycles. The number of nitrogens with one attached hydrogen (secondary N) is 2. The number of anilines is 2. The lowest BCUT2D eigenvalue weighted by Crippen LogP contribution is -2.41. The molecule has 0 amide bonds. The van der Waals surface area contributed by atoms with Crippen LogP contribution in [0.2, 0.25) is 0 Å². The highest BCUT2D eigenvalue weighted by atomic mass is 32.1. The van der Waals surface area contributed by atoms with Gasteiger partial charge in [-0.25, -0.2) is 14.2 Å². The van der Waals surface area contributed by atoms with Gasteiger partial charge in [-0.05, 0) is 42.7 Å². The zero-order valence-corrected chi connectivity index (χ0v) is 19.5. The van der Waals surface area contributed by atoms with Crippen LogP contribution in [0.25, 0.3) is 21.5 Å². The molecular formula is C23H21FN4O3S2. The molecule has 33 heavy (non-hydrogen) atoms. The van der Waals surface area contributed by atoms with Crippen LogP contribution in [0.15, 0.2) is 53.1 Å². The number of aromatic nitrogens is 2. The quantitative estimate of drug-likeness (QED) is 0.278. The minimum absolute atomic E-state index is 0.197. The first-order valence-corrected chi connectivity index (χ1v) is 11.4. The number of thiazole rings is 1. The van der Waals surface area contributed by atoms with Gasteiger partial charge in [0.15, 0.2) is 10.9 Å². The van der Waals surface area contributed by atoms with E-state index in [1.54, 1.807) is 12.1 Å². The summed E-state index contributed by atoms with van der Waals surface area (Å²) >= 11 is 6.68. The molecule has 1 atom stereocenters. The van der Waals surface area contributed by atoms with Crippen LogP contribution in [-0.2, 0) is 4.79 Å². The van der Waals surface area contributed by atoms with E-state index in [2.05, 4.69) is 20.8 Å². The maximum absolute atomic E-state index is 13.4. The normalized spacial score (nSPS) is 12.1. The highest BCUT2D eigenvalue weighted by Crippen LogP contribution is 2.29. The summed E-state index contributed by atoms with van der Waals surface area (Å²) in [6.45, 7) is 3.89. The van der Waals surface area contributed by atoms with Crippen molar-refractivity contribution in [3.63, 3.8) is 0 Å². The second kappa shape index (κ2) is 9.63. The summed E-state index contributed by atoms with van der Waals surface area (Å²) in [6.07, 6.45) is 0.439. The summed E-state index contributed by atoms with van der Waals surface area (Å²) in [5, 5.41) is 20.2. The maximum atomic E-state index is 13.4. The zero-order valence-electron chi connectivity index (χ0n) is 17.8. The van der Waals surface area contributed by atoms with Gasteiger partial charge in [0.2, 0.25) is 0 Å². The number of carbonyl (C=O) groups is 1. The van der Waals surface area contributed by atoms with E-state index in [4.69, 9.17) is 16.7 Å². The first-order chi connectivity index (χ1) is 15.8. The average Bonchev–Trinajstić information content (AvgIpc) is 3.40. The van der Waals surface area contributed by atoms with Crippen LogP contribution in [0.1, 0.15) is 26.0 Å². The Balaban J connectivity index is 1.43. The maximum Gasteiger partial charge on any atom is 0.326 e. The number of carboxylic acids is 1. The van der Waals surface area contributed by atoms with Crippen molar-refractivity contribution in [2.75, 3.05) is 5.32 Å². The van der Waals surface area contributed by atoms with Crippen molar-refractivity contribution < 1.29 is 18.8 Å². The SMILES string of the molecule is CC(C)CC(NC(=S)c1cc(-c2ccc(Nc3nc4ccc(F)cc4s3)cc2)no1)C(=O)O. The molecule has 7 nitrogen and oxygen atoms in total. The van der Waals surface area contributed by atoms with Crippen molar-refractivity contribution in [1.29, 1.82) is 0 Å². The summed E-state index contributed by atoms with van der Waals surface area (Å²) in [6, 6.07) is 12.9. The van der Waals surface area contributed by atoms with E-state index in [0.717, 1.165) is 21.5 Å². The number of rotatable bonds is 8. The highest BCUT2D eigenvalue weighted by molar-refractivity contribution is 7.80. The molecule has 0 spiro atoms. The van der Waals surface area contributed by atoms with Gasteiger partial charge >= 0.3 is 5.97 Å². The number of fused-ring (bicyclic) bond motifs is 1. The van der Waals surface area contributed by atoms with E-state index in [0.29, 0.717) is 23.0 Å². The molecule has 2 heterocycles. The molecule has 2 aromatic carbocycles. The van der Waals surface area contributed by atoms with Crippen molar-refractivity contribution in [1.82, 2.24) is 15.5 Å². The van der Waals surface area contributed by atoms with E-state index >= 15 is 0 Å². The number of hydrogen-bond acceptors (Lipinski definition) is 7. The van der Waals surface area contributed by atoms with E-state index < -0.39 is 12.0 Å². The van der Waals surface area contributed by atoms with Crippen molar-refractivity contribution in [2.24, 2.45) is 5.92 Å². The van der Waals surface area contributed by atoms with Crippen LogP contribution in [0.4, 0.5) is 15.2 Å². The summed E-state index contributed by atoms with van der Waals surface area (Å²) in [5.41, 5.74) is 2.93. The Bertz CT molecular complexity index is 1300. The molecule has 170 valence electrons. The molecule has 3 N–H and O–H groups in total. The van der Waals surface area contributed by atoms with Crippen molar-refractivity contribution in [3.05, 3.63) is 60.1 Å². The molecule has 0 fully saturated rings. The minimum atomic E-state index is -0.966. The van der Waals surface area contributed by atoms with Crippen molar-refractivity contribution in [2.45, 2.75) is 26.3 Å². The van der Waals surface area contributed by atoms with Gasteiger partial charge in [0.1, 0.15) is 22.5 Å². The predicted molar refractivity (Wildman–Crippen MR) is 131 cm³/mol. The smallest absolute Gasteiger partial charge is 0.326 e. The molecule has 0 radical (unpaired) electrons. The summed E-state index contributed by atoms with van der Waals surface area (Å²) in [5.74, 6) is -0.754. The van der Waals surface area contributed by atoms with E-state index in [9.17, 15) is 14.3 Å². The van der Waals surface area contributed by atoms with Crippen LogP contribution in [0.5, 0.6) is 0 Å². The number of hydrogen-bond donors (Lipinski definition) is 3. The molecular weight excluding hydrogens is 463 g/mol. The highest BCUT2D eigenvalue weighted by Gasteiger charge is 2.22. The van der Waals surface area contributed by atoms with E-state index in [1.807, 2.05) is 38.1 Å². The van der Waals surface area contributed by atoms with Gasteiger partial charge in [0, 0.05) is 17.3 Å². The molecule has 0 saturated carbocycles. The van der Waals surface area contributed by atoms with Gasteiger partial charge < -0.3 is 20.3 Å². The van der Waals surface area contributed by atoms with Gasteiger partial charge in [-0.15, -0.1) is 0 Å². The van der Waals surface area contributed by atoms with Crippen LogP contribution in [0, 0.1) is 11.7 Å². The third kappa shape index (κ3) is 5.52. The number of aliphatic carboxylic acids is 1. The Morgan fingerprint density at radius 3 is 2.67 bits per heavy atom. The number of halogens is 1. The molecule has 1 unspecified atom stereocenters. The van der Waals surface area contributed by atoms with Gasteiger partial charge in [-0.3, -0.25) is 0 Å². The molecule has 0 aliphatic rings. The lowest BCUT2D eigenvalue weighted by molar-refractivity contribution is -0.139. The van der Waals surface area contributed by atoms with Crippen LogP contribution < -0.4 is 10.6 Å². The third-order valence-electron chi connectivity index (χ3n) is 4.83. The largest absolute Gasteiger partial charge is 0.480 e. The fourth-order valence-corrected chi connectivity index (χ4v) is 4.39. The average molecular weight is 485 g/mol. The monoisotopic (exact) mass is 484 g/mol. The summed E-state index contributed by atoms with van der Waals surface area (Å²) in [4.78, 5) is 16.1. The van der Waals surface area contributed by atoms with Crippen molar-refractivity contribution in [3.8, 4) is 11.3 Å². The zero-order chi connectivity index (χ0) is 23.5. The lowest BCUT2D eigenvalue weighted by Gasteiger charge is -2.16. The number of nitrogens with zero attached hydrogens (tertiary/aromatic N) is 2. The first-order valence-electron chi connectivity index (χ1n) is 10.2. The van der Waals surface area contributed by atoms with Gasteiger partial charge in [-0.2, -0.15) is 0 Å². The van der Waals surface area contributed by atoms with Gasteiger partial charge in [0.05, 0.1) is 10.2 Å². The van der Waals surface area contributed by atoms with Gasteiger partial charge in [-0.1, -0.05) is 54.7 Å². The van der Waals surface area contributed by atoms with Crippen LogP contribution in [0.3, 0.4) is 0 Å². The summed E-state index contributed by atoms with van der Waals surface area (Å²) in [7, 11) is 0. The second-order valence-electron chi connectivity index (χ2n) is 7.90. The number of thiocarbonyl (C=S) groups is 1. The molecule has 0 saturated heterocycles. The number of benzene rings is 2. The van der Waals surface area contributed by atoms with Gasteiger partial charge in [0.25, 0.3) is 0 Å². The van der Waals surface area contributed by atoms with E-state index in [1.165, 1.54) is 23.5 Å². The lowest BCUT2D eigenvalue weighted by atomic mass is 10.0. The fraction of sp³-hybridized carbons (Fsp3) is 0.217. The second-order valence-corrected chi connectivity index (χ2v) is 9.34. The topological polar surface area (TPSA) is 100 Å². The van der Waals surface area contributed by atoms with Crippen LogP contribution >= 0.6 is 23.6 Å².